The first kappa shape index (κ1) is 20.3. The van der Waals surface area contributed by atoms with Crippen LogP contribution in [0.1, 0.15) is 45.2 Å². The van der Waals surface area contributed by atoms with Gasteiger partial charge in [0.15, 0.2) is 0 Å². The third-order valence-electron chi connectivity index (χ3n) is 5.41. The Morgan fingerprint density at radius 3 is 2.47 bits per heavy atom. The van der Waals surface area contributed by atoms with Crippen LogP contribution in [0.3, 0.4) is 0 Å². The van der Waals surface area contributed by atoms with Gasteiger partial charge in [-0.3, -0.25) is 9.59 Å². The molecule has 7 heteroatoms. The van der Waals surface area contributed by atoms with E-state index in [-0.39, 0.29) is 11.8 Å². The number of piperidine rings is 1. The first-order chi connectivity index (χ1) is 14.4. The van der Waals surface area contributed by atoms with Gasteiger partial charge in [0.1, 0.15) is 6.04 Å². The lowest BCUT2D eigenvalue weighted by molar-refractivity contribution is -0.121. The van der Waals surface area contributed by atoms with Crippen molar-refractivity contribution in [3.05, 3.63) is 63.6 Å². The van der Waals surface area contributed by atoms with Crippen molar-refractivity contribution in [1.82, 2.24) is 14.7 Å². The lowest BCUT2D eigenvalue weighted by Crippen LogP contribution is -2.49. The van der Waals surface area contributed by atoms with Gasteiger partial charge in [-0.05, 0) is 82.5 Å². The van der Waals surface area contributed by atoms with Crippen LogP contribution in [0.5, 0.6) is 0 Å². The Balaban J connectivity index is 1.47. The smallest absolute Gasteiger partial charge is 0.264 e. The fourth-order valence-corrected chi connectivity index (χ4v) is 4.76. The van der Waals surface area contributed by atoms with Crippen molar-refractivity contribution in [2.24, 2.45) is 0 Å². The highest BCUT2D eigenvalue weighted by atomic mass is 32.1. The van der Waals surface area contributed by atoms with Gasteiger partial charge in [-0.25, -0.2) is 4.68 Å². The number of hydrogen-bond donors (Lipinski definition) is 1. The number of thiophene rings is 1. The van der Waals surface area contributed by atoms with Crippen molar-refractivity contribution >= 4 is 28.8 Å². The molecule has 4 rings (SSSR count). The number of rotatable bonds is 4. The van der Waals surface area contributed by atoms with Gasteiger partial charge in [-0.15, -0.1) is 11.3 Å². The molecule has 30 heavy (non-hydrogen) atoms. The van der Waals surface area contributed by atoms with Crippen molar-refractivity contribution in [1.29, 1.82) is 0 Å². The number of nitrogens with zero attached hydrogens (tertiary/aromatic N) is 3. The quantitative estimate of drug-likeness (QED) is 0.673. The summed E-state index contributed by atoms with van der Waals surface area (Å²) in [6.07, 6.45) is 2.56. The number of benzene rings is 1. The number of carbonyl (C=O) groups is 2. The third-order valence-corrected chi connectivity index (χ3v) is 6.40. The number of likely N-dealkylation sites (tertiary alicyclic amines) is 1. The third kappa shape index (κ3) is 4.16. The van der Waals surface area contributed by atoms with Crippen LogP contribution in [-0.4, -0.2) is 39.1 Å². The summed E-state index contributed by atoms with van der Waals surface area (Å²) >= 11 is 1.48. The second-order valence-electron chi connectivity index (χ2n) is 7.80. The van der Waals surface area contributed by atoms with Crippen LogP contribution in [0.25, 0.3) is 5.69 Å². The minimum Gasteiger partial charge on any atom is -0.326 e. The predicted octanol–water partition coefficient (Wildman–Crippen LogP) is 4.49. The molecule has 6 nitrogen and oxygen atoms in total. The van der Waals surface area contributed by atoms with E-state index in [1.807, 2.05) is 67.9 Å². The number of amides is 2. The Labute approximate surface area is 180 Å². The summed E-state index contributed by atoms with van der Waals surface area (Å²) in [5.41, 5.74) is 3.69. The zero-order chi connectivity index (χ0) is 21.3. The first-order valence-electron chi connectivity index (χ1n) is 10.2. The maximum Gasteiger partial charge on any atom is 0.264 e. The molecule has 1 aliphatic heterocycles. The number of hydrogen-bond acceptors (Lipinski definition) is 4. The fourth-order valence-electron chi connectivity index (χ4n) is 3.94. The summed E-state index contributed by atoms with van der Waals surface area (Å²) in [6.45, 7) is 6.58. The van der Waals surface area contributed by atoms with Gasteiger partial charge in [-0.2, -0.15) is 5.10 Å². The summed E-state index contributed by atoms with van der Waals surface area (Å²) in [5, 5.41) is 7.48. The molecule has 1 atom stereocenters. The maximum absolute atomic E-state index is 13.0. The van der Waals surface area contributed by atoms with Gasteiger partial charge >= 0.3 is 0 Å². The molecule has 1 unspecified atom stereocenters. The van der Waals surface area contributed by atoms with Gasteiger partial charge < -0.3 is 10.2 Å². The van der Waals surface area contributed by atoms with E-state index in [1.165, 1.54) is 11.3 Å². The Morgan fingerprint density at radius 2 is 1.83 bits per heavy atom. The van der Waals surface area contributed by atoms with Crippen molar-refractivity contribution < 1.29 is 9.59 Å². The van der Waals surface area contributed by atoms with E-state index >= 15 is 0 Å². The van der Waals surface area contributed by atoms with E-state index in [2.05, 4.69) is 10.4 Å². The van der Waals surface area contributed by atoms with E-state index in [1.54, 1.807) is 4.90 Å². The van der Waals surface area contributed by atoms with Crippen LogP contribution >= 0.6 is 11.3 Å². The second kappa shape index (κ2) is 8.44. The van der Waals surface area contributed by atoms with E-state index in [9.17, 15) is 9.59 Å². The number of aryl methyl sites for hydroxylation is 3. The number of nitrogens with one attached hydrogen (secondary N) is 1. The first-order valence-corrected chi connectivity index (χ1v) is 11.1. The molecule has 0 aliphatic carbocycles. The molecule has 1 aromatic carbocycles. The lowest BCUT2D eigenvalue weighted by Gasteiger charge is -2.34. The molecule has 156 valence electrons. The normalized spacial score (nSPS) is 16.5. The summed E-state index contributed by atoms with van der Waals surface area (Å²) in [6, 6.07) is 13.0. The van der Waals surface area contributed by atoms with Gasteiger partial charge in [0.25, 0.3) is 5.91 Å². The van der Waals surface area contributed by atoms with E-state index < -0.39 is 6.04 Å². The molecular formula is C23H26N4O2S. The predicted molar refractivity (Wildman–Crippen MR) is 119 cm³/mol. The Morgan fingerprint density at radius 1 is 1.07 bits per heavy atom. The molecule has 0 bridgehead atoms. The van der Waals surface area contributed by atoms with Crippen molar-refractivity contribution in [3.63, 3.8) is 0 Å². The van der Waals surface area contributed by atoms with Gasteiger partial charge in [-0.1, -0.05) is 0 Å². The van der Waals surface area contributed by atoms with Crippen molar-refractivity contribution in [2.75, 3.05) is 11.9 Å². The Kier molecular flexibility index (Phi) is 5.72. The van der Waals surface area contributed by atoms with Crippen molar-refractivity contribution in [2.45, 2.75) is 46.1 Å². The van der Waals surface area contributed by atoms with Crippen LogP contribution < -0.4 is 5.32 Å². The molecule has 0 saturated carbocycles. The van der Waals surface area contributed by atoms with Crippen LogP contribution in [0, 0.1) is 20.8 Å². The topological polar surface area (TPSA) is 67.2 Å². The van der Waals surface area contributed by atoms with Crippen LogP contribution in [0.4, 0.5) is 5.69 Å². The minimum atomic E-state index is -0.440. The molecule has 1 saturated heterocycles. The van der Waals surface area contributed by atoms with E-state index in [0.29, 0.717) is 17.8 Å². The molecule has 2 amide bonds. The second-order valence-corrected chi connectivity index (χ2v) is 9.08. The monoisotopic (exact) mass is 422 g/mol. The largest absolute Gasteiger partial charge is 0.326 e. The molecule has 0 radical (unpaired) electrons. The molecule has 1 fully saturated rings. The number of anilines is 1. The van der Waals surface area contributed by atoms with E-state index in [4.69, 9.17) is 0 Å². The van der Waals surface area contributed by atoms with Gasteiger partial charge in [0.05, 0.1) is 16.3 Å². The van der Waals surface area contributed by atoms with Crippen molar-refractivity contribution in [3.8, 4) is 5.69 Å². The molecule has 2 aromatic heterocycles. The summed E-state index contributed by atoms with van der Waals surface area (Å²) in [4.78, 5) is 29.5. The highest BCUT2D eigenvalue weighted by molar-refractivity contribution is 7.13. The number of aromatic nitrogens is 2. The zero-order valence-electron chi connectivity index (χ0n) is 17.5. The molecule has 1 N–H and O–H groups in total. The highest BCUT2D eigenvalue weighted by Crippen LogP contribution is 2.25. The molecule has 0 spiro atoms. The molecule has 3 aromatic rings. The average Bonchev–Trinajstić information content (AvgIpc) is 3.32. The van der Waals surface area contributed by atoms with Crippen LogP contribution in [-0.2, 0) is 4.79 Å². The summed E-state index contributed by atoms with van der Waals surface area (Å²) in [5.74, 6) is -0.178. The fraction of sp³-hybridized carbons (Fsp3) is 0.348. The maximum atomic E-state index is 13.0. The van der Waals surface area contributed by atoms with Gasteiger partial charge in [0.2, 0.25) is 5.91 Å². The standard InChI is InChI=1S/C23H26N4O2S/c1-15-14-16(2)27(25-15)19-10-8-18(9-11-19)24-22(28)20-6-4-5-13-26(20)23(29)21-12-7-17(3)30-21/h7-12,14,20H,4-6,13H2,1-3H3,(H,24,28). The number of carbonyl (C=O) groups excluding carboxylic acids is 2. The summed E-state index contributed by atoms with van der Waals surface area (Å²) < 4.78 is 1.88. The SMILES string of the molecule is Cc1cc(C)n(-c2ccc(NC(=O)C3CCCCN3C(=O)c3ccc(C)s3)cc2)n1. The lowest BCUT2D eigenvalue weighted by atomic mass is 10.0. The Hall–Kier alpha value is -2.93. The highest BCUT2D eigenvalue weighted by Gasteiger charge is 2.33. The van der Waals surface area contributed by atoms with E-state index in [0.717, 1.165) is 40.5 Å². The minimum absolute atomic E-state index is 0.0483. The van der Waals surface area contributed by atoms with Crippen LogP contribution in [0.15, 0.2) is 42.5 Å². The van der Waals surface area contributed by atoms with Crippen LogP contribution in [0.2, 0.25) is 0 Å². The molecule has 3 heterocycles. The average molecular weight is 423 g/mol. The van der Waals surface area contributed by atoms with Gasteiger partial charge in [0, 0.05) is 22.8 Å². The Bertz CT molecular complexity index is 1070. The molecule has 1 aliphatic rings. The molecular weight excluding hydrogens is 396 g/mol. The zero-order valence-corrected chi connectivity index (χ0v) is 18.3. The summed E-state index contributed by atoms with van der Waals surface area (Å²) in [7, 11) is 0.